The van der Waals surface area contributed by atoms with Crippen molar-refractivity contribution in [3.05, 3.63) is 176 Å². The van der Waals surface area contributed by atoms with Crippen molar-refractivity contribution >= 4 is 35.1 Å². The highest BCUT2D eigenvalue weighted by Crippen LogP contribution is 2.41. The number of hydrogen-bond donors (Lipinski definition) is 2. The average Bonchev–Trinajstić information content (AvgIpc) is 3.69. The van der Waals surface area contributed by atoms with Crippen LogP contribution in [-0.4, -0.2) is 47.1 Å². The number of nitrogens with zero attached hydrogens (tertiary/aromatic N) is 2. The van der Waals surface area contributed by atoms with Crippen LogP contribution in [0.4, 0.5) is 4.79 Å². The molecule has 61 heavy (non-hydrogen) atoms. The number of aryl methyl sites for hydroxylation is 1. The van der Waals surface area contributed by atoms with E-state index in [2.05, 4.69) is 58.9 Å². The Morgan fingerprint density at radius 3 is 2.30 bits per heavy atom. The quantitative estimate of drug-likeness (QED) is 0.142. The molecular formula is C50H46Cl2N4O5. The van der Waals surface area contributed by atoms with Crippen molar-refractivity contribution in [1.29, 1.82) is 0 Å². The summed E-state index contributed by atoms with van der Waals surface area (Å²) in [5.41, 5.74) is 11.8. The summed E-state index contributed by atoms with van der Waals surface area (Å²) in [7, 11) is 0. The number of rotatable bonds is 10. The van der Waals surface area contributed by atoms with Gasteiger partial charge in [0.05, 0.1) is 10.0 Å². The molecule has 0 bridgehead atoms. The van der Waals surface area contributed by atoms with Crippen LogP contribution in [0.1, 0.15) is 56.3 Å². The third-order valence-corrected chi connectivity index (χ3v) is 12.8. The van der Waals surface area contributed by atoms with Crippen LogP contribution in [0.3, 0.4) is 0 Å². The SMILES string of the molecule is Cc1nccc(-c2ccc(CCNC(=O)C3Cc4cc5c(cc4CN3C(=O)NC3Cc4ccccc4C3)OC(c3ccc(OCc4ccc(Cl)c(Cl)c4)cc3)CO5)cc2)c1C. The first-order chi connectivity index (χ1) is 29.6. The minimum absolute atomic E-state index is 0.0495. The van der Waals surface area contributed by atoms with E-state index in [-0.39, 0.29) is 30.6 Å². The lowest BCUT2D eigenvalue weighted by molar-refractivity contribution is -0.125. The second-order valence-electron chi connectivity index (χ2n) is 16.1. The molecule has 2 atom stereocenters. The van der Waals surface area contributed by atoms with E-state index in [9.17, 15) is 9.59 Å². The molecular weight excluding hydrogens is 807 g/mol. The van der Waals surface area contributed by atoms with Crippen molar-refractivity contribution in [2.75, 3.05) is 13.2 Å². The standard InChI is InChI=1S/C50H46Cl2N4O5/c1-30-31(2)53-20-18-42(30)34-10-7-32(8-11-34)17-19-54-49(57)45-24-38-25-46-47(26-39(38)27-56(45)50(58)55-40-22-36-5-3-4-6-37(36)23-40)61-48(29-60-46)35-12-14-41(15-13-35)59-28-33-9-16-43(51)44(52)21-33/h3-16,18,20-21,25-26,40,45,48H,17,19,22-24,27-29H2,1-2H3,(H,54,57)(H,55,58). The van der Waals surface area contributed by atoms with Gasteiger partial charge in [-0.1, -0.05) is 89.9 Å². The van der Waals surface area contributed by atoms with Crippen LogP contribution in [0.2, 0.25) is 10.0 Å². The van der Waals surface area contributed by atoms with E-state index in [1.165, 1.54) is 11.1 Å². The minimum Gasteiger partial charge on any atom is -0.489 e. The Balaban J connectivity index is 0.877. The van der Waals surface area contributed by atoms with E-state index < -0.39 is 6.04 Å². The average molecular weight is 854 g/mol. The molecule has 3 heterocycles. The molecule has 0 spiro atoms. The maximum Gasteiger partial charge on any atom is 0.318 e. The molecule has 2 N–H and O–H groups in total. The van der Waals surface area contributed by atoms with E-state index >= 15 is 0 Å². The Labute approximate surface area is 366 Å². The summed E-state index contributed by atoms with van der Waals surface area (Å²) in [6, 6.07) is 34.9. The largest absolute Gasteiger partial charge is 0.489 e. The van der Waals surface area contributed by atoms with Crippen molar-refractivity contribution in [3.8, 4) is 28.4 Å². The van der Waals surface area contributed by atoms with Crippen molar-refractivity contribution in [3.63, 3.8) is 0 Å². The molecule has 3 amide bonds. The summed E-state index contributed by atoms with van der Waals surface area (Å²) in [4.78, 5) is 34.3. The van der Waals surface area contributed by atoms with Gasteiger partial charge >= 0.3 is 6.03 Å². The van der Waals surface area contributed by atoms with Gasteiger partial charge in [0.1, 0.15) is 25.0 Å². The van der Waals surface area contributed by atoms with Crippen molar-refractivity contribution < 1.29 is 23.8 Å². The van der Waals surface area contributed by atoms with Crippen LogP contribution in [0.15, 0.2) is 115 Å². The zero-order valence-electron chi connectivity index (χ0n) is 34.1. The monoisotopic (exact) mass is 852 g/mol. The number of hydrogen-bond acceptors (Lipinski definition) is 6. The molecule has 2 unspecified atom stereocenters. The highest BCUT2D eigenvalue weighted by molar-refractivity contribution is 6.42. The zero-order chi connectivity index (χ0) is 42.0. The number of fused-ring (bicyclic) bond motifs is 3. The van der Waals surface area contributed by atoms with E-state index in [4.69, 9.17) is 37.4 Å². The topological polar surface area (TPSA) is 102 Å². The third-order valence-electron chi connectivity index (χ3n) is 12.1. The van der Waals surface area contributed by atoms with E-state index in [1.807, 2.05) is 73.8 Å². The van der Waals surface area contributed by atoms with E-state index in [1.54, 1.807) is 17.0 Å². The molecule has 6 aromatic rings. The number of urea groups is 1. The van der Waals surface area contributed by atoms with Gasteiger partial charge in [-0.15, -0.1) is 0 Å². The second-order valence-corrected chi connectivity index (χ2v) is 16.9. The molecule has 310 valence electrons. The molecule has 9 rings (SSSR count). The number of aromatic nitrogens is 1. The number of amides is 3. The van der Waals surface area contributed by atoms with Crippen molar-refractivity contribution in [1.82, 2.24) is 20.5 Å². The van der Waals surface area contributed by atoms with Gasteiger partial charge < -0.3 is 29.7 Å². The molecule has 11 heteroatoms. The van der Waals surface area contributed by atoms with E-state index in [0.717, 1.165) is 63.0 Å². The first-order valence-electron chi connectivity index (χ1n) is 20.7. The van der Waals surface area contributed by atoms with Crippen LogP contribution >= 0.6 is 23.2 Å². The first kappa shape index (κ1) is 40.4. The minimum atomic E-state index is -0.704. The number of carbonyl (C=O) groups excluding carboxylic acids is 2. The molecule has 9 nitrogen and oxygen atoms in total. The van der Waals surface area contributed by atoms with Gasteiger partial charge in [-0.05, 0) is 131 Å². The Morgan fingerprint density at radius 1 is 0.803 bits per heavy atom. The van der Waals surface area contributed by atoms with Crippen LogP contribution in [0, 0.1) is 13.8 Å². The smallest absolute Gasteiger partial charge is 0.318 e. The molecule has 1 aliphatic carbocycles. The second kappa shape index (κ2) is 17.5. The number of halogens is 2. The van der Waals surface area contributed by atoms with Crippen molar-refractivity contribution in [2.24, 2.45) is 0 Å². The van der Waals surface area contributed by atoms with Gasteiger partial charge in [0.2, 0.25) is 5.91 Å². The Hall–Kier alpha value is -6.03. The fourth-order valence-corrected chi connectivity index (χ4v) is 8.83. The van der Waals surface area contributed by atoms with Gasteiger partial charge in [0.25, 0.3) is 0 Å². The number of benzene rings is 5. The molecule has 1 aromatic heterocycles. The lowest BCUT2D eigenvalue weighted by atomic mass is 9.92. The molecule has 3 aliphatic rings. The Kier molecular flexibility index (Phi) is 11.6. The zero-order valence-corrected chi connectivity index (χ0v) is 35.6. The number of nitrogens with one attached hydrogen (secondary N) is 2. The third kappa shape index (κ3) is 8.90. The van der Waals surface area contributed by atoms with Crippen molar-refractivity contribution in [2.45, 2.75) is 70.9 Å². The molecule has 0 fully saturated rings. The maximum absolute atomic E-state index is 14.2. The summed E-state index contributed by atoms with van der Waals surface area (Å²) in [6.07, 6.45) is 4.01. The lowest BCUT2D eigenvalue weighted by Gasteiger charge is -2.37. The predicted molar refractivity (Wildman–Crippen MR) is 238 cm³/mol. The fraction of sp³-hybridized carbons (Fsp3) is 0.260. The summed E-state index contributed by atoms with van der Waals surface area (Å²) in [5.74, 6) is 1.75. The van der Waals surface area contributed by atoms with Crippen LogP contribution in [0.5, 0.6) is 17.2 Å². The summed E-state index contributed by atoms with van der Waals surface area (Å²) >= 11 is 12.2. The fourth-order valence-electron chi connectivity index (χ4n) is 8.51. The normalized spacial score (nSPS) is 16.7. The first-order valence-corrected chi connectivity index (χ1v) is 21.5. The summed E-state index contributed by atoms with van der Waals surface area (Å²) < 4.78 is 18.8. The predicted octanol–water partition coefficient (Wildman–Crippen LogP) is 9.73. The number of pyridine rings is 1. The molecule has 0 radical (unpaired) electrons. The van der Waals surface area contributed by atoms with E-state index in [0.29, 0.717) is 59.9 Å². The summed E-state index contributed by atoms with van der Waals surface area (Å²) in [5, 5.41) is 7.41. The van der Waals surface area contributed by atoms with Gasteiger partial charge in [0, 0.05) is 37.4 Å². The highest BCUT2D eigenvalue weighted by atomic mass is 35.5. The molecule has 5 aromatic carbocycles. The van der Waals surface area contributed by atoms with Gasteiger partial charge in [-0.25, -0.2) is 4.79 Å². The van der Waals surface area contributed by atoms with Crippen LogP contribution in [0.25, 0.3) is 11.1 Å². The Bertz CT molecular complexity index is 2570. The number of ether oxygens (including phenoxy) is 3. The van der Waals surface area contributed by atoms with Gasteiger partial charge in [-0.2, -0.15) is 0 Å². The Morgan fingerprint density at radius 2 is 1.54 bits per heavy atom. The number of carbonyl (C=O) groups is 2. The highest BCUT2D eigenvalue weighted by Gasteiger charge is 2.37. The lowest BCUT2D eigenvalue weighted by Crippen LogP contribution is -2.56. The molecule has 2 aliphatic heterocycles. The molecule has 0 saturated heterocycles. The van der Waals surface area contributed by atoms with Gasteiger partial charge in [-0.3, -0.25) is 9.78 Å². The van der Waals surface area contributed by atoms with Crippen LogP contribution < -0.4 is 24.8 Å². The van der Waals surface area contributed by atoms with Crippen LogP contribution in [-0.2, 0) is 43.6 Å². The molecule has 0 saturated carbocycles. The maximum atomic E-state index is 14.2. The van der Waals surface area contributed by atoms with Gasteiger partial charge in [0.15, 0.2) is 17.6 Å². The summed E-state index contributed by atoms with van der Waals surface area (Å²) in [6.45, 7) is 5.47.